The van der Waals surface area contributed by atoms with Gasteiger partial charge in [0.25, 0.3) is 0 Å². The molecule has 0 fully saturated rings. The molecule has 4 nitrogen and oxygen atoms in total. The summed E-state index contributed by atoms with van der Waals surface area (Å²) in [6.45, 7) is 3.26. The van der Waals surface area contributed by atoms with Crippen molar-refractivity contribution in [2.75, 3.05) is 11.6 Å². The molecule has 2 aromatic carbocycles. The Labute approximate surface area is 152 Å². The van der Waals surface area contributed by atoms with Gasteiger partial charge in [-0.1, -0.05) is 17.7 Å². The van der Waals surface area contributed by atoms with E-state index in [1.165, 1.54) is 11.1 Å². The van der Waals surface area contributed by atoms with Crippen molar-refractivity contribution < 1.29 is 9.15 Å². The van der Waals surface area contributed by atoms with Crippen LogP contribution in [-0.4, -0.2) is 6.73 Å². The summed E-state index contributed by atoms with van der Waals surface area (Å²) in [5, 5.41) is 1.08. The van der Waals surface area contributed by atoms with E-state index >= 15 is 0 Å². The van der Waals surface area contributed by atoms with Crippen molar-refractivity contribution in [1.29, 1.82) is 0 Å². The summed E-state index contributed by atoms with van der Waals surface area (Å²) in [7, 11) is 0. The lowest BCUT2D eigenvalue weighted by molar-refractivity contribution is 0.289. The number of hydrogen-bond donors (Lipinski definition) is 0. The third-order valence-electron chi connectivity index (χ3n) is 5.58. The van der Waals surface area contributed by atoms with Crippen LogP contribution in [0.3, 0.4) is 0 Å². The van der Waals surface area contributed by atoms with Crippen molar-refractivity contribution in [2.45, 2.75) is 39.2 Å². The normalized spacial score (nSPS) is 16.1. The van der Waals surface area contributed by atoms with Crippen LogP contribution in [0.15, 0.2) is 45.6 Å². The second-order valence-electron chi connectivity index (χ2n) is 7.28. The van der Waals surface area contributed by atoms with Gasteiger partial charge in [-0.2, -0.15) is 0 Å². The number of benzene rings is 2. The van der Waals surface area contributed by atoms with Gasteiger partial charge in [-0.15, -0.1) is 0 Å². The van der Waals surface area contributed by atoms with Gasteiger partial charge >= 0.3 is 5.63 Å². The second kappa shape index (κ2) is 5.90. The first-order chi connectivity index (χ1) is 12.7. The molecule has 132 valence electrons. The molecule has 0 unspecified atom stereocenters. The molecule has 0 amide bonds. The largest absolute Gasteiger partial charge is 0.473 e. The van der Waals surface area contributed by atoms with E-state index in [0.29, 0.717) is 18.9 Å². The molecule has 0 bridgehead atoms. The van der Waals surface area contributed by atoms with Crippen molar-refractivity contribution in [1.82, 2.24) is 0 Å². The lowest BCUT2D eigenvalue weighted by Crippen LogP contribution is -2.32. The molecule has 2 aliphatic rings. The highest BCUT2D eigenvalue weighted by molar-refractivity contribution is 5.86. The molecule has 0 saturated heterocycles. The fourth-order valence-electron chi connectivity index (χ4n) is 4.14. The lowest BCUT2D eigenvalue weighted by atomic mass is 9.90. The Bertz CT molecular complexity index is 1050. The van der Waals surface area contributed by atoms with Gasteiger partial charge in [0.2, 0.25) is 0 Å². The van der Waals surface area contributed by atoms with Crippen LogP contribution in [0, 0.1) is 6.92 Å². The predicted octanol–water partition coefficient (Wildman–Crippen LogP) is 4.34. The number of aryl methyl sites for hydroxylation is 2. The van der Waals surface area contributed by atoms with E-state index in [9.17, 15) is 4.79 Å². The van der Waals surface area contributed by atoms with Crippen LogP contribution >= 0.6 is 0 Å². The van der Waals surface area contributed by atoms with Gasteiger partial charge in [0.1, 0.15) is 11.3 Å². The molecular weight excluding hydrogens is 326 g/mol. The topological polar surface area (TPSA) is 42.7 Å². The highest BCUT2D eigenvalue weighted by Crippen LogP contribution is 2.36. The van der Waals surface area contributed by atoms with Crippen molar-refractivity contribution >= 4 is 16.7 Å². The Morgan fingerprint density at radius 2 is 1.69 bits per heavy atom. The minimum Gasteiger partial charge on any atom is -0.473 e. The number of anilines is 1. The van der Waals surface area contributed by atoms with E-state index in [1.54, 1.807) is 0 Å². The summed E-state index contributed by atoms with van der Waals surface area (Å²) < 4.78 is 11.8. The van der Waals surface area contributed by atoms with Gasteiger partial charge in [0.15, 0.2) is 6.73 Å². The number of nitrogens with zero attached hydrogens (tertiary/aromatic N) is 1. The molecule has 0 spiro atoms. The molecule has 0 radical (unpaired) electrons. The monoisotopic (exact) mass is 347 g/mol. The predicted molar refractivity (Wildman–Crippen MR) is 102 cm³/mol. The van der Waals surface area contributed by atoms with Crippen LogP contribution in [-0.2, 0) is 19.4 Å². The summed E-state index contributed by atoms with van der Waals surface area (Å²) in [6, 6.07) is 12.5. The van der Waals surface area contributed by atoms with Crippen LogP contribution in [0.4, 0.5) is 5.69 Å². The smallest absolute Gasteiger partial charge is 0.339 e. The lowest BCUT2D eigenvalue weighted by Gasteiger charge is -2.31. The Kier molecular flexibility index (Phi) is 3.52. The molecule has 5 rings (SSSR count). The maximum Gasteiger partial charge on any atom is 0.339 e. The molecule has 0 atom stereocenters. The Hall–Kier alpha value is -2.75. The highest BCUT2D eigenvalue weighted by atomic mass is 16.5. The van der Waals surface area contributed by atoms with Crippen LogP contribution in [0.2, 0.25) is 0 Å². The first kappa shape index (κ1) is 15.5. The third kappa shape index (κ3) is 2.40. The van der Waals surface area contributed by atoms with Crippen LogP contribution < -0.4 is 15.3 Å². The molecule has 1 aromatic heterocycles. The van der Waals surface area contributed by atoms with Crippen molar-refractivity contribution in [2.24, 2.45) is 0 Å². The molecule has 3 aromatic rings. The van der Waals surface area contributed by atoms with E-state index in [0.717, 1.165) is 53.6 Å². The summed E-state index contributed by atoms with van der Waals surface area (Å²) in [5.41, 5.74) is 5.89. The SMILES string of the molecule is Cc1ccc(N2COc3ccc4c5c(c(=O)oc4c3C2)CCCC5)cc1. The molecule has 1 aliphatic carbocycles. The molecule has 1 aliphatic heterocycles. The van der Waals surface area contributed by atoms with Crippen molar-refractivity contribution in [3.05, 3.63) is 69.1 Å². The maximum absolute atomic E-state index is 12.5. The summed E-state index contributed by atoms with van der Waals surface area (Å²) in [4.78, 5) is 14.7. The zero-order valence-electron chi connectivity index (χ0n) is 14.9. The minimum absolute atomic E-state index is 0.173. The number of rotatable bonds is 1. The summed E-state index contributed by atoms with van der Waals surface area (Å²) in [5.74, 6) is 0.819. The molecular formula is C22H21NO3. The second-order valence-corrected chi connectivity index (χ2v) is 7.28. The zero-order chi connectivity index (χ0) is 17.7. The van der Waals surface area contributed by atoms with Gasteiger partial charge in [0.05, 0.1) is 12.1 Å². The van der Waals surface area contributed by atoms with Gasteiger partial charge in [-0.05, 0) is 62.4 Å². The molecule has 0 N–H and O–H groups in total. The van der Waals surface area contributed by atoms with Crippen molar-refractivity contribution in [3.8, 4) is 5.75 Å². The van der Waals surface area contributed by atoms with E-state index in [2.05, 4.69) is 42.2 Å². The molecule has 2 heterocycles. The van der Waals surface area contributed by atoms with E-state index in [-0.39, 0.29) is 5.63 Å². The van der Waals surface area contributed by atoms with E-state index in [1.807, 2.05) is 6.07 Å². The molecule has 26 heavy (non-hydrogen) atoms. The van der Waals surface area contributed by atoms with Crippen LogP contribution in [0.5, 0.6) is 5.75 Å². The fourth-order valence-corrected chi connectivity index (χ4v) is 4.14. The third-order valence-corrected chi connectivity index (χ3v) is 5.58. The first-order valence-corrected chi connectivity index (χ1v) is 9.25. The van der Waals surface area contributed by atoms with Crippen LogP contribution in [0.25, 0.3) is 11.0 Å². The minimum atomic E-state index is -0.173. The van der Waals surface area contributed by atoms with Gasteiger partial charge in [-0.25, -0.2) is 4.79 Å². The Balaban J connectivity index is 1.64. The van der Waals surface area contributed by atoms with Gasteiger partial charge in [-0.3, -0.25) is 0 Å². The van der Waals surface area contributed by atoms with Gasteiger partial charge in [0, 0.05) is 16.6 Å². The van der Waals surface area contributed by atoms with Gasteiger partial charge < -0.3 is 14.1 Å². The number of hydrogen-bond acceptors (Lipinski definition) is 4. The maximum atomic E-state index is 12.5. The highest BCUT2D eigenvalue weighted by Gasteiger charge is 2.25. The molecule has 0 saturated carbocycles. The average Bonchev–Trinajstić information content (AvgIpc) is 2.68. The zero-order valence-corrected chi connectivity index (χ0v) is 14.9. The van der Waals surface area contributed by atoms with E-state index in [4.69, 9.17) is 9.15 Å². The van der Waals surface area contributed by atoms with Crippen LogP contribution in [0.1, 0.15) is 35.1 Å². The standard InChI is InChI=1S/C22H21NO3/c1-14-6-8-15(9-7-14)23-12-19-20(25-13-23)11-10-17-16-4-2-3-5-18(16)22(24)26-21(17)19/h6-11H,2-5,12-13H2,1H3. The fraction of sp³-hybridized carbons (Fsp3) is 0.318. The first-order valence-electron chi connectivity index (χ1n) is 9.25. The Morgan fingerprint density at radius 3 is 2.50 bits per heavy atom. The van der Waals surface area contributed by atoms with E-state index < -0.39 is 0 Å². The quantitative estimate of drug-likeness (QED) is 0.614. The van der Waals surface area contributed by atoms with Crippen molar-refractivity contribution in [3.63, 3.8) is 0 Å². The Morgan fingerprint density at radius 1 is 0.923 bits per heavy atom. The number of fused-ring (bicyclic) bond motifs is 5. The summed E-state index contributed by atoms with van der Waals surface area (Å²) in [6.07, 6.45) is 3.99. The number of ether oxygens (including phenoxy) is 1. The molecule has 4 heteroatoms. The average molecular weight is 347 g/mol. The summed E-state index contributed by atoms with van der Waals surface area (Å²) >= 11 is 0.